The molecule has 5 nitrogen and oxygen atoms in total. The predicted octanol–water partition coefficient (Wildman–Crippen LogP) is 1.56. The van der Waals surface area contributed by atoms with E-state index in [1.807, 2.05) is 24.9 Å². The number of aryl methyl sites for hydroxylation is 1. The Bertz CT molecular complexity index is 428. The second-order valence-corrected chi connectivity index (χ2v) is 5.05. The Balaban J connectivity index is 2.13. The van der Waals surface area contributed by atoms with Crippen LogP contribution in [0.25, 0.3) is 0 Å². The van der Waals surface area contributed by atoms with Gasteiger partial charge in [-0.1, -0.05) is 12.8 Å². The van der Waals surface area contributed by atoms with Gasteiger partial charge in [0.1, 0.15) is 6.04 Å². The quantitative estimate of drug-likeness (QED) is 0.885. The van der Waals surface area contributed by atoms with E-state index >= 15 is 0 Å². The van der Waals surface area contributed by atoms with E-state index in [2.05, 4.69) is 10.00 Å². The summed E-state index contributed by atoms with van der Waals surface area (Å²) in [6.07, 6.45) is 5.84. The highest BCUT2D eigenvalue weighted by atomic mass is 16.4. The molecule has 1 aliphatic heterocycles. The molecule has 0 spiro atoms. The molecule has 0 aromatic carbocycles. The van der Waals surface area contributed by atoms with Crippen LogP contribution in [0.2, 0.25) is 0 Å². The number of hydrogen-bond donors (Lipinski definition) is 1. The lowest BCUT2D eigenvalue weighted by molar-refractivity contribution is -0.143. The van der Waals surface area contributed by atoms with Crippen LogP contribution in [0.5, 0.6) is 0 Å². The first-order valence-corrected chi connectivity index (χ1v) is 6.54. The lowest BCUT2D eigenvalue weighted by atomic mass is 10.1. The molecule has 0 bridgehead atoms. The third-order valence-electron chi connectivity index (χ3n) is 3.86. The van der Waals surface area contributed by atoms with Crippen molar-refractivity contribution >= 4 is 5.97 Å². The number of nitrogens with zero attached hydrogens (tertiary/aromatic N) is 3. The van der Waals surface area contributed by atoms with E-state index in [1.54, 1.807) is 0 Å². The molecular weight excluding hydrogens is 230 g/mol. The largest absolute Gasteiger partial charge is 0.480 e. The second-order valence-electron chi connectivity index (χ2n) is 5.05. The van der Waals surface area contributed by atoms with Crippen molar-refractivity contribution in [3.05, 3.63) is 17.5 Å². The third kappa shape index (κ3) is 2.72. The van der Waals surface area contributed by atoms with Crippen molar-refractivity contribution < 1.29 is 9.90 Å². The zero-order chi connectivity index (χ0) is 13.1. The van der Waals surface area contributed by atoms with Gasteiger partial charge >= 0.3 is 5.97 Å². The Morgan fingerprint density at radius 2 is 2.28 bits per heavy atom. The predicted molar refractivity (Wildman–Crippen MR) is 68.2 cm³/mol. The normalized spacial score (nSPS) is 21.8. The number of likely N-dealkylation sites (tertiary alicyclic amines) is 1. The smallest absolute Gasteiger partial charge is 0.320 e. The van der Waals surface area contributed by atoms with Crippen molar-refractivity contribution in [3.63, 3.8) is 0 Å². The molecule has 5 heteroatoms. The van der Waals surface area contributed by atoms with Crippen molar-refractivity contribution in [3.8, 4) is 0 Å². The average Bonchev–Trinajstić information content (AvgIpc) is 2.57. The molecule has 100 valence electrons. The van der Waals surface area contributed by atoms with E-state index in [4.69, 9.17) is 0 Å². The van der Waals surface area contributed by atoms with Crippen molar-refractivity contribution in [2.24, 2.45) is 7.05 Å². The number of carboxylic acid groups (broad SMARTS) is 1. The lowest BCUT2D eigenvalue weighted by Crippen LogP contribution is -2.40. The molecule has 0 saturated carbocycles. The highest BCUT2D eigenvalue weighted by Gasteiger charge is 2.27. The van der Waals surface area contributed by atoms with Gasteiger partial charge in [-0.25, -0.2) is 0 Å². The van der Waals surface area contributed by atoms with Crippen LogP contribution in [0, 0.1) is 6.92 Å². The minimum Gasteiger partial charge on any atom is -0.480 e. The van der Waals surface area contributed by atoms with Gasteiger partial charge in [0, 0.05) is 24.8 Å². The van der Waals surface area contributed by atoms with Crippen molar-refractivity contribution in [1.82, 2.24) is 14.7 Å². The zero-order valence-electron chi connectivity index (χ0n) is 11.1. The summed E-state index contributed by atoms with van der Waals surface area (Å²) in [7, 11) is 1.91. The Morgan fingerprint density at radius 1 is 1.50 bits per heavy atom. The van der Waals surface area contributed by atoms with E-state index in [1.165, 1.54) is 0 Å². The molecule has 1 unspecified atom stereocenters. The Labute approximate surface area is 107 Å². The first-order valence-electron chi connectivity index (χ1n) is 6.54. The number of aromatic nitrogens is 2. The summed E-state index contributed by atoms with van der Waals surface area (Å²) in [5.41, 5.74) is 2.24. The van der Waals surface area contributed by atoms with E-state index in [9.17, 15) is 9.90 Å². The standard InChI is InChI=1S/C13H21N3O2/c1-10-11(8-14-15(10)2)9-16-7-5-3-4-6-12(16)13(17)18/h8,12H,3-7,9H2,1-2H3,(H,17,18). The van der Waals surface area contributed by atoms with E-state index in [0.29, 0.717) is 6.54 Å². The van der Waals surface area contributed by atoms with Crippen LogP contribution in [-0.4, -0.2) is 38.3 Å². The molecule has 1 atom stereocenters. The van der Waals surface area contributed by atoms with Crippen LogP contribution in [0.4, 0.5) is 0 Å². The highest BCUT2D eigenvalue weighted by molar-refractivity contribution is 5.73. The fourth-order valence-corrected chi connectivity index (χ4v) is 2.55. The molecule has 1 aromatic heterocycles. The highest BCUT2D eigenvalue weighted by Crippen LogP contribution is 2.20. The third-order valence-corrected chi connectivity index (χ3v) is 3.86. The molecule has 1 N–H and O–H groups in total. The molecule has 2 heterocycles. The number of rotatable bonds is 3. The molecule has 2 rings (SSSR count). The summed E-state index contributed by atoms with van der Waals surface area (Å²) in [6, 6.07) is -0.341. The van der Waals surface area contributed by atoms with Crippen LogP contribution in [0.1, 0.15) is 36.9 Å². The van der Waals surface area contributed by atoms with Gasteiger partial charge in [0.2, 0.25) is 0 Å². The minimum atomic E-state index is -0.696. The molecule has 1 aliphatic rings. The fourth-order valence-electron chi connectivity index (χ4n) is 2.55. The first-order chi connectivity index (χ1) is 8.59. The van der Waals surface area contributed by atoms with Crippen molar-refractivity contribution in [2.75, 3.05) is 6.54 Å². The summed E-state index contributed by atoms with van der Waals surface area (Å²) in [5.74, 6) is -0.696. The monoisotopic (exact) mass is 251 g/mol. The van der Waals surface area contributed by atoms with Gasteiger partial charge < -0.3 is 5.11 Å². The summed E-state index contributed by atoms with van der Waals surface area (Å²) >= 11 is 0. The molecule has 1 fully saturated rings. The van der Waals surface area contributed by atoms with E-state index in [-0.39, 0.29) is 6.04 Å². The van der Waals surface area contributed by atoms with Crippen LogP contribution < -0.4 is 0 Å². The van der Waals surface area contributed by atoms with Crippen LogP contribution in [-0.2, 0) is 18.4 Å². The average molecular weight is 251 g/mol. The maximum atomic E-state index is 11.3. The molecular formula is C13H21N3O2. The molecule has 0 amide bonds. The molecule has 1 saturated heterocycles. The maximum Gasteiger partial charge on any atom is 0.320 e. The summed E-state index contributed by atoms with van der Waals surface area (Å²) in [4.78, 5) is 13.4. The number of aliphatic carboxylic acids is 1. The Hall–Kier alpha value is -1.36. The van der Waals surface area contributed by atoms with Gasteiger partial charge in [0.15, 0.2) is 0 Å². The lowest BCUT2D eigenvalue weighted by Gasteiger charge is -2.26. The van der Waals surface area contributed by atoms with Crippen molar-refractivity contribution in [1.29, 1.82) is 0 Å². The fraction of sp³-hybridized carbons (Fsp3) is 0.692. The van der Waals surface area contributed by atoms with Crippen LogP contribution in [0.3, 0.4) is 0 Å². The summed E-state index contributed by atoms with van der Waals surface area (Å²) in [6.45, 7) is 3.58. The number of carboxylic acids is 1. The first kappa shape index (κ1) is 13.1. The summed E-state index contributed by atoms with van der Waals surface area (Å²) in [5, 5.41) is 13.5. The van der Waals surface area contributed by atoms with E-state index < -0.39 is 5.97 Å². The van der Waals surface area contributed by atoms with Gasteiger partial charge in [-0.05, 0) is 26.3 Å². The van der Waals surface area contributed by atoms with Gasteiger partial charge in [-0.15, -0.1) is 0 Å². The molecule has 0 radical (unpaired) electrons. The van der Waals surface area contributed by atoms with Crippen LogP contribution in [0.15, 0.2) is 6.20 Å². The van der Waals surface area contributed by atoms with Crippen LogP contribution >= 0.6 is 0 Å². The van der Waals surface area contributed by atoms with E-state index in [0.717, 1.165) is 43.5 Å². The maximum absolute atomic E-state index is 11.3. The van der Waals surface area contributed by atoms with Crippen molar-refractivity contribution in [2.45, 2.75) is 45.2 Å². The van der Waals surface area contributed by atoms with Gasteiger partial charge in [0.25, 0.3) is 0 Å². The summed E-state index contributed by atoms with van der Waals surface area (Å²) < 4.78 is 1.84. The topological polar surface area (TPSA) is 58.4 Å². The molecule has 18 heavy (non-hydrogen) atoms. The zero-order valence-corrected chi connectivity index (χ0v) is 11.1. The Morgan fingerprint density at radius 3 is 2.89 bits per heavy atom. The molecule has 1 aromatic rings. The SMILES string of the molecule is Cc1c(CN2CCCCCC2C(=O)O)cnn1C. The van der Waals surface area contributed by atoms with Gasteiger partial charge in [-0.2, -0.15) is 5.10 Å². The Kier molecular flexibility index (Phi) is 4.01. The molecule has 0 aliphatic carbocycles. The van der Waals surface area contributed by atoms with Gasteiger partial charge in [-0.3, -0.25) is 14.4 Å². The number of carbonyl (C=O) groups is 1. The van der Waals surface area contributed by atoms with Gasteiger partial charge in [0.05, 0.1) is 6.20 Å². The second kappa shape index (κ2) is 5.52. The minimum absolute atomic E-state index is 0.341. The number of hydrogen-bond acceptors (Lipinski definition) is 3.